The zero-order valence-electron chi connectivity index (χ0n) is 8.22. The Morgan fingerprint density at radius 1 is 1.50 bits per heavy atom. The Morgan fingerprint density at radius 3 is 2.93 bits per heavy atom. The number of nitrogens with one attached hydrogen (secondary N) is 1. The number of aryl methyl sites for hydroxylation is 1. The van der Waals surface area contributed by atoms with Gasteiger partial charge in [-0.05, 0) is 30.5 Å². The fourth-order valence-electron chi connectivity index (χ4n) is 1.33. The van der Waals surface area contributed by atoms with Crippen LogP contribution in [0.5, 0.6) is 0 Å². The van der Waals surface area contributed by atoms with Crippen LogP contribution in [0.25, 0.3) is 0 Å². The van der Waals surface area contributed by atoms with E-state index in [4.69, 9.17) is 11.6 Å². The minimum absolute atomic E-state index is 0.648. The van der Waals surface area contributed by atoms with E-state index >= 15 is 0 Å². The van der Waals surface area contributed by atoms with E-state index in [-0.39, 0.29) is 0 Å². The average Bonchev–Trinajstić information content (AvgIpc) is 2.17. The summed E-state index contributed by atoms with van der Waals surface area (Å²) >= 11 is 5.83. The summed E-state index contributed by atoms with van der Waals surface area (Å²) in [5.74, 6) is 0. The lowest BCUT2D eigenvalue weighted by atomic mass is 10.1. The lowest BCUT2D eigenvalue weighted by Gasteiger charge is -2.07. The van der Waals surface area contributed by atoms with Gasteiger partial charge in [0.15, 0.2) is 0 Å². The lowest BCUT2D eigenvalue weighted by molar-refractivity contribution is -0.105. The summed E-state index contributed by atoms with van der Waals surface area (Å²) in [4.78, 5) is 10.4. The monoisotopic (exact) mass is 211 g/mol. The minimum Gasteiger partial charge on any atom is -0.328 e. The number of halogens is 1. The molecule has 1 N–H and O–H groups in total. The molecule has 0 aliphatic carbocycles. The summed E-state index contributed by atoms with van der Waals surface area (Å²) in [5.41, 5.74) is 1.96. The van der Waals surface area contributed by atoms with Crippen molar-refractivity contribution in [3.8, 4) is 0 Å². The quantitative estimate of drug-likeness (QED) is 0.745. The predicted molar refractivity (Wildman–Crippen MR) is 59.8 cm³/mol. The van der Waals surface area contributed by atoms with E-state index in [2.05, 4.69) is 12.2 Å². The zero-order chi connectivity index (χ0) is 10.4. The molecule has 2 nitrogen and oxygen atoms in total. The van der Waals surface area contributed by atoms with Crippen LogP contribution in [0, 0.1) is 0 Å². The highest BCUT2D eigenvalue weighted by molar-refractivity contribution is 6.30. The normalized spacial score (nSPS) is 9.86. The fourth-order valence-corrected chi connectivity index (χ4v) is 1.50. The molecule has 1 rings (SSSR count). The molecule has 0 saturated heterocycles. The molecule has 1 aromatic carbocycles. The highest BCUT2D eigenvalue weighted by Gasteiger charge is 2.01. The van der Waals surface area contributed by atoms with Gasteiger partial charge in [-0.15, -0.1) is 0 Å². The second-order valence-electron chi connectivity index (χ2n) is 3.17. The van der Waals surface area contributed by atoms with E-state index < -0.39 is 0 Å². The standard InChI is InChI=1S/C11H14ClNO/c1-2-3-4-9-5-6-10(12)7-11(9)13-8-14/h5-8H,2-4H2,1H3,(H,13,14). The van der Waals surface area contributed by atoms with Crippen molar-refractivity contribution in [1.29, 1.82) is 0 Å². The van der Waals surface area contributed by atoms with Gasteiger partial charge in [0.05, 0.1) is 0 Å². The molecular weight excluding hydrogens is 198 g/mol. The summed E-state index contributed by atoms with van der Waals surface area (Å²) < 4.78 is 0. The Morgan fingerprint density at radius 2 is 2.29 bits per heavy atom. The first-order valence-corrected chi connectivity index (χ1v) is 5.14. The number of carbonyl (C=O) groups excluding carboxylic acids is 1. The largest absolute Gasteiger partial charge is 0.328 e. The van der Waals surface area contributed by atoms with E-state index in [9.17, 15) is 4.79 Å². The minimum atomic E-state index is 0.648. The number of hydrogen-bond acceptors (Lipinski definition) is 1. The van der Waals surface area contributed by atoms with Crippen LogP contribution in [-0.4, -0.2) is 6.41 Å². The first kappa shape index (κ1) is 11.1. The van der Waals surface area contributed by atoms with Crippen molar-refractivity contribution >= 4 is 23.7 Å². The third-order valence-electron chi connectivity index (χ3n) is 2.09. The van der Waals surface area contributed by atoms with E-state index in [1.54, 1.807) is 6.07 Å². The second-order valence-corrected chi connectivity index (χ2v) is 3.60. The topological polar surface area (TPSA) is 29.1 Å². The molecule has 0 bridgehead atoms. The van der Waals surface area contributed by atoms with Gasteiger partial charge in [-0.25, -0.2) is 0 Å². The Kier molecular flexibility index (Phi) is 4.47. The van der Waals surface area contributed by atoms with Gasteiger partial charge in [0.1, 0.15) is 0 Å². The number of hydrogen-bond donors (Lipinski definition) is 1. The third-order valence-corrected chi connectivity index (χ3v) is 2.32. The van der Waals surface area contributed by atoms with Crippen LogP contribution in [-0.2, 0) is 11.2 Å². The van der Waals surface area contributed by atoms with Crippen molar-refractivity contribution in [3.63, 3.8) is 0 Å². The molecule has 0 aliphatic rings. The molecule has 3 heteroatoms. The van der Waals surface area contributed by atoms with E-state index in [1.807, 2.05) is 12.1 Å². The van der Waals surface area contributed by atoms with Crippen molar-refractivity contribution in [2.24, 2.45) is 0 Å². The summed E-state index contributed by atoms with van der Waals surface area (Å²) in [5, 5.41) is 3.31. The first-order chi connectivity index (χ1) is 6.77. The molecule has 1 amide bonds. The number of unbranched alkanes of at least 4 members (excludes halogenated alkanes) is 1. The molecule has 0 radical (unpaired) electrons. The number of rotatable bonds is 5. The van der Waals surface area contributed by atoms with Gasteiger partial charge in [-0.1, -0.05) is 31.0 Å². The van der Waals surface area contributed by atoms with Gasteiger partial charge in [0.2, 0.25) is 6.41 Å². The van der Waals surface area contributed by atoms with Crippen molar-refractivity contribution in [1.82, 2.24) is 0 Å². The summed E-state index contributed by atoms with van der Waals surface area (Å²) in [6.07, 6.45) is 3.92. The zero-order valence-corrected chi connectivity index (χ0v) is 8.97. The molecule has 0 aliphatic heterocycles. The predicted octanol–water partition coefficient (Wildman–Crippen LogP) is 3.25. The second kappa shape index (κ2) is 5.66. The molecule has 0 fully saturated rings. The number of anilines is 1. The summed E-state index contributed by atoms with van der Waals surface area (Å²) in [7, 11) is 0. The maximum Gasteiger partial charge on any atom is 0.211 e. The van der Waals surface area contributed by atoms with Crippen molar-refractivity contribution in [2.75, 3.05) is 5.32 Å². The van der Waals surface area contributed by atoms with E-state index in [1.165, 1.54) is 0 Å². The Bertz CT molecular complexity index is 312. The molecule has 0 heterocycles. The molecule has 0 aromatic heterocycles. The number of carbonyl (C=O) groups is 1. The van der Waals surface area contributed by atoms with Crippen molar-refractivity contribution in [2.45, 2.75) is 26.2 Å². The molecule has 1 aromatic rings. The molecule has 14 heavy (non-hydrogen) atoms. The van der Waals surface area contributed by atoms with Gasteiger partial charge in [0, 0.05) is 10.7 Å². The van der Waals surface area contributed by atoms with E-state index in [0.717, 1.165) is 30.5 Å². The lowest BCUT2D eigenvalue weighted by Crippen LogP contribution is -1.98. The smallest absolute Gasteiger partial charge is 0.211 e. The van der Waals surface area contributed by atoms with Gasteiger partial charge in [-0.3, -0.25) is 4.79 Å². The molecule has 0 saturated carbocycles. The summed E-state index contributed by atoms with van der Waals surface area (Å²) in [6.45, 7) is 2.14. The van der Waals surface area contributed by atoms with Gasteiger partial charge >= 0.3 is 0 Å². The van der Waals surface area contributed by atoms with Crippen LogP contribution in [0.3, 0.4) is 0 Å². The van der Waals surface area contributed by atoms with Crippen molar-refractivity contribution < 1.29 is 4.79 Å². The Labute approximate surface area is 89.3 Å². The maximum absolute atomic E-state index is 10.4. The highest BCUT2D eigenvalue weighted by atomic mass is 35.5. The third kappa shape index (κ3) is 3.04. The summed E-state index contributed by atoms with van der Waals surface area (Å²) in [6, 6.07) is 5.59. The fraction of sp³-hybridized carbons (Fsp3) is 0.364. The van der Waals surface area contributed by atoms with Crippen LogP contribution in [0.4, 0.5) is 5.69 Å². The van der Waals surface area contributed by atoms with Gasteiger partial charge < -0.3 is 5.32 Å². The van der Waals surface area contributed by atoms with Crippen LogP contribution >= 0.6 is 11.6 Å². The average molecular weight is 212 g/mol. The van der Waals surface area contributed by atoms with Crippen LogP contribution in [0.15, 0.2) is 18.2 Å². The van der Waals surface area contributed by atoms with Crippen molar-refractivity contribution in [3.05, 3.63) is 28.8 Å². The molecule has 0 atom stereocenters. The van der Waals surface area contributed by atoms with Gasteiger partial charge in [0.25, 0.3) is 0 Å². The SMILES string of the molecule is CCCCc1ccc(Cl)cc1NC=O. The van der Waals surface area contributed by atoms with Gasteiger partial charge in [-0.2, -0.15) is 0 Å². The maximum atomic E-state index is 10.4. The molecule has 0 spiro atoms. The first-order valence-electron chi connectivity index (χ1n) is 4.76. The Hall–Kier alpha value is -1.02. The Balaban J connectivity index is 2.83. The number of benzene rings is 1. The molecule has 76 valence electrons. The van der Waals surface area contributed by atoms with Crippen LogP contribution in [0.2, 0.25) is 5.02 Å². The van der Waals surface area contributed by atoms with Crippen LogP contribution in [0.1, 0.15) is 25.3 Å². The number of amides is 1. The van der Waals surface area contributed by atoms with E-state index in [0.29, 0.717) is 11.4 Å². The molecular formula is C11H14ClNO. The highest BCUT2D eigenvalue weighted by Crippen LogP contribution is 2.22. The molecule has 0 unspecified atom stereocenters. The van der Waals surface area contributed by atoms with Crippen LogP contribution < -0.4 is 5.32 Å².